The number of carbonyl (C=O) groups excluding carboxylic acids is 1. The third-order valence-corrected chi connectivity index (χ3v) is 7.58. The highest BCUT2D eigenvalue weighted by atomic mass is 16.8. The van der Waals surface area contributed by atoms with Crippen LogP contribution in [0.15, 0.2) is 64.7 Å². The number of methoxy groups -OCH3 is 1. The molecule has 3 aliphatic heterocycles. The molecule has 45 heavy (non-hydrogen) atoms. The molecule has 0 amide bonds. The Kier molecular flexibility index (Phi) is 13.3. The Balaban J connectivity index is 2.04. The standard InChI is InChI=1S/C29H42N4O12/c1-5-16-17(8-7-15-11-33(9-10-34)12-18(25(38)39)21(15)32-29(30)31-3)19(26(40)41-4)14-43-27(16)45-28-24(42-6-2)23(37)22(36)20(13-35)44-28/h5,7-8,12,14,16-17,20,22-24,27-28,34-37H,1,6,9-11,13H2,2-4H3,(H,38,39)(H3,30,31,32)/p+1. The molecule has 0 aliphatic carbocycles. The maximum absolute atomic E-state index is 12.8. The minimum atomic E-state index is -1.45. The molecule has 3 rings (SSSR count). The minimum absolute atomic E-state index is 0.0304. The first-order chi connectivity index (χ1) is 21.5. The lowest BCUT2D eigenvalue weighted by Crippen LogP contribution is -3.09. The van der Waals surface area contributed by atoms with Crippen LogP contribution in [0.5, 0.6) is 0 Å². The number of carboxylic acid groups (broad SMARTS) is 1. The van der Waals surface area contributed by atoms with E-state index in [1.54, 1.807) is 19.1 Å². The number of carboxylic acids is 1. The SMILES string of the molecule is C=CC1C(OC2OC(CO)C(O)C(O)C2OCC)OC=C(C(=O)OC)C1C=CC1=C(NC(N)=NC)C(C(=O)O)=C[NH+](CCO)C1. The zero-order valence-corrected chi connectivity index (χ0v) is 25.4. The molecule has 0 bridgehead atoms. The molecule has 9 atom stereocenters. The van der Waals surface area contributed by atoms with E-state index in [0.29, 0.717) is 10.5 Å². The zero-order valence-electron chi connectivity index (χ0n) is 25.4. The van der Waals surface area contributed by atoms with Gasteiger partial charge >= 0.3 is 11.9 Å². The van der Waals surface area contributed by atoms with Gasteiger partial charge in [0.2, 0.25) is 6.29 Å². The van der Waals surface area contributed by atoms with Crippen LogP contribution in [0.3, 0.4) is 0 Å². The van der Waals surface area contributed by atoms with E-state index in [2.05, 4.69) is 16.9 Å². The van der Waals surface area contributed by atoms with Crippen molar-refractivity contribution < 1.29 is 63.7 Å². The predicted molar refractivity (Wildman–Crippen MR) is 157 cm³/mol. The van der Waals surface area contributed by atoms with E-state index in [1.807, 2.05) is 0 Å². The molecule has 0 spiro atoms. The Morgan fingerprint density at radius 2 is 2.00 bits per heavy atom. The normalized spacial score (nSPS) is 32.4. The number of esters is 1. The van der Waals surface area contributed by atoms with Gasteiger partial charge in [-0.1, -0.05) is 18.2 Å². The van der Waals surface area contributed by atoms with Gasteiger partial charge in [-0.25, -0.2) is 9.59 Å². The molecule has 9 N–H and O–H groups in total. The number of rotatable bonds is 13. The van der Waals surface area contributed by atoms with Crippen molar-refractivity contribution in [2.45, 2.75) is 43.9 Å². The summed E-state index contributed by atoms with van der Waals surface area (Å²) in [6.07, 6.45) is -0.266. The number of hydrogen-bond donors (Lipinski definition) is 8. The number of nitrogens with one attached hydrogen (secondary N) is 2. The second-order valence-corrected chi connectivity index (χ2v) is 10.3. The average molecular weight is 640 g/mol. The first kappa shape index (κ1) is 35.9. The lowest BCUT2D eigenvalue weighted by molar-refractivity contribution is -0.843. The average Bonchev–Trinajstić information content (AvgIpc) is 3.03. The van der Waals surface area contributed by atoms with Crippen molar-refractivity contribution in [3.63, 3.8) is 0 Å². The second kappa shape index (κ2) is 16.6. The number of nitrogens with two attached hydrogens (primary N) is 1. The minimum Gasteiger partial charge on any atom is -0.477 e. The molecule has 3 aliphatic rings. The number of allylic oxidation sites excluding steroid dienone is 1. The van der Waals surface area contributed by atoms with Gasteiger partial charge in [0.15, 0.2) is 12.2 Å². The molecule has 1 saturated heterocycles. The first-order valence-corrected chi connectivity index (χ1v) is 14.3. The summed E-state index contributed by atoms with van der Waals surface area (Å²) in [5.74, 6) is -3.53. The molecule has 0 aromatic rings. The van der Waals surface area contributed by atoms with Crippen LogP contribution < -0.4 is 16.0 Å². The van der Waals surface area contributed by atoms with Crippen molar-refractivity contribution in [3.05, 3.63) is 59.7 Å². The van der Waals surface area contributed by atoms with Crippen LogP contribution >= 0.6 is 0 Å². The quantitative estimate of drug-likeness (QED) is 0.0431. The Morgan fingerprint density at radius 1 is 1.27 bits per heavy atom. The summed E-state index contributed by atoms with van der Waals surface area (Å²) in [4.78, 5) is 29.5. The summed E-state index contributed by atoms with van der Waals surface area (Å²) in [6, 6.07) is 0. The topological polar surface area (TPSA) is 236 Å². The lowest BCUT2D eigenvalue weighted by atomic mass is 9.83. The Bertz CT molecular complexity index is 1230. The molecular weight excluding hydrogens is 596 g/mol. The molecule has 1 fully saturated rings. The van der Waals surface area contributed by atoms with Gasteiger partial charge in [-0.05, 0) is 6.92 Å². The van der Waals surface area contributed by atoms with Crippen LogP contribution in [0.1, 0.15) is 6.92 Å². The van der Waals surface area contributed by atoms with E-state index in [0.717, 1.165) is 0 Å². The number of nitrogens with zero attached hydrogens (tertiary/aromatic N) is 1. The largest absolute Gasteiger partial charge is 0.477 e. The number of ether oxygens (including phenoxy) is 5. The van der Waals surface area contributed by atoms with Crippen LogP contribution in [-0.2, 0) is 33.3 Å². The highest BCUT2D eigenvalue weighted by Crippen LogP contribution is 2.37. The Morgan fingerprint density at radius 3 is 2.58 bits per heavy atom. The first-order valence-electron chi connectivity index (χ1n) is 14.3. The van der Waals surface area contributed by atoms with Gasteiger partial charge in [0.05, 0.1) is 43.8 Å². The number of aliphatic hydroxyl groups is 4. The Labute approximate surface area is 260 Å². The van der Waals surface area contributed by atoms with Crippen LogP contribution in [0.4, 0.5) is 0 Å². The number of aliphatic carboxylic acids is 1. The Hall–Kier alpha value is -3.61. The van der Waals surface area contributed by atoms with Crippen LogP contribution in [0, 0.1) is 11.8 Å². The van der Waals surface area contributed by atoms with Crippen molar-refractivity contribution >= 4 is 17.9 Å². The van der Waals surface area contributed by atoms with Gasteiger partial charge in [-0.15, -0.1) is 6.58 Å². The number of guanidine groups is 1. The molecular formula is C29H43N4O12+. The number of aliphatic imine (C=N–C) groups is 1. The van der Waals surface area contributed by atoms with E-state index >= 15 is 0 Å². The second-order valence-electron chi connectivity index (χ2n) is 10.3. The third kappa shape index (κ3) is 8.36. The van der Waals surface area contributed by atoms with Gasteiger partial charge in [0, 0.05) is 25.1 Å². The summed E-state index contributed by atoms with van der Waals surface area (Å²) in [5, 5.41) is 53.0. The molecule has 3 heterocycles. The van der Waals surface area contributed by atoms with E-state index in [-0.39, 0.29) is 49.1 Å². The van der Waals surface area contributed by atoms with Gasteiger partial charge < -0.3 is 65.2 Å². The van der Waals surface area contributed by atoms with E-state index in [4.69, 9.17) is 29.4 Å². The van der Waals surface area contributed by atoms with Crippen molar-refractivity contribution in [1.29, 1.82) is 0 Å². The number of quaternary nitrogens is 1. The highest BCUT2D eigenvalue weighted by Gasteiger charge is 2.48. The van der Waals surface area contributed by atoms with Crippen molar-refractivity contribution in [3.8, 4) is 0 Å². The molecule has 16 heteroatoms. The van der Waals surface area contributed by atoms with Crippen molar-refractivity contribution in [2.24, 2.45) is 22.6 Å². The van der Waals surface area contributed by atoms with E-state index < -0.39 is 67.4 Å². The van der Waals surface area contributed by atoms with Gasteiger partial charge in [0.1, 0.15) is 49.3 Å². The van der Waals surface area contributed by atoms with Crippen LogP contribution in [0.2, 0.25) is 0 Å². The third-order valence-electron chi connectivity index (χ3n) is 7.58. The van der Waals surface area contributed by atoms with Gasteiger partial charge in [-0.3, -0.25) is 4.99 Å². The van der Waals surface area contributed by atoms with E-state index in [9.17, 15) is 35.1 Å². The van der Waals surface area contributed by atoms with Crippen molar-refractivity contribution in [1.82, 2.24) is 5.32 Å². The number of hydrogen-bond acceptors (Lipinski definition) is 12. The highest BCUT2D eigenvalue weighted by molar-refractivity contribution is 5.94. The van der Waals surface area contributed by atoms with Crippen molar-refractivity contribution in [2.75, 3.05) is 47.1 Å². The fourth-order valence-electron chi connectivity index (χ4n) is 5.27. The molecule has 9 unspecified atom stereocenters. The molecule has 16 nitrogen and oxygen atoms in total. The fraction of sp³-hybridized carbons (Fsp3) is 0.552. The molecule has 0 radical (unpaired) electrons. The molecule has 250 valence electrons. The number of carbonyl (C=O) groups is 2. The van der Waals surface area contributed by atoms with Gasteiger partial charge in [-0.2, -0.15) is 0 Å². The van der Waals surface area contributed by atoms with Gasteiger partial charge in [0.25, 0.3) is 0 Å². The predicted octanol–water partition coefficient (Wildman–Crippen LogP) is -3.12. The zero-order chi connectivity index (χ0) is 33.3. The lowest BCUT2D eigenvalue weighted by Gasteiger charge is -2.44. The van der Waals surface area contributed by atoms with Crippen LogP contribution in [-0.4, -0.2) is 127 Å². The summed E-state index contributed by atoms with van der Waals surface area (Å²) >= 11 is 0. The maximum Gasteiger partial charge on any atom is 0.343 e. The molecule has 0 saturated carbocycles. The maximum atomic E-state index is 12.8. The molecule has 0 aromatic heterocycles. The number of aliphatic hydroxyl groups excluding tert-OH is 4. The fourth-order valence-corrected chi connectivity index (χ4v) is 5.27. The molecule has 0 aromatic carbocycles. The summed E-state index contributed by atoms with van der Waals surface area (Å²) in [5.41, 5.74) is 6.56. The van der Waals surface area contributed by atoms with E-state index in [1.165, 1.54) is 32.7 Å². The summed E-state index contributed by atoms with van der Waals surface area (Å²) in [6.45, 7) is 5.40. The monoisotopic (exact) mass is 639 g/mol. The smallest absolute Gasteiger partial charge is 0.343 e. The summed E-state index contributed by atoms with van der Waals surface area (Å²) in [7, 11) is 2.64. The van der Waals surface area contributed by atoms with Crippen LogP contribution in [0.25, 0.3) is 0 Å². The summed E-state index contributed by atoms with van der Waals surface area (Å²) < 4.78 is 28.2.